The van der Waals surface area contributed by atoms with E-state index in [2.05, 4.69) is 11.8 Å². The molecule has 0 bridgehead atoms. The van der Waals surface area contributed by atoms with Crippen LogP contribution in [0.2, 0.25) is 0 Å². The number of nitrogens with zero attached hydrogens (tertiary/aromatic N) is 2. The van der Waals surface area contributed by atoms with Crippen LogP contribution >= 0.6 is 0 Å². The summed E-state index contributed by atoms with van der Waals surface area (Å²) in [4.78, 5) is 16.3. The van der Waals surface area contributed by atoms with Crippen molar-refractivity contribution < 1.29 is 14.6 Å². The van der Waals surface area contributed by atoms with Gasteiger partial charge in [0, 0.05) is 25.2 Å². The third kappa shape index (κ3) is 5.85. The molecule has 2 aliphatic rings. The second-order valence-electron chi connectivity index (χ2n) is 8.35. The predicted octanol–water partition coefficient (Wildman–Crippen LogP) is 4.18. The quantitative estimate of drug-likeness (QED) is 0.525. The molecular weight excluding hydrogens is 328 g/mol. The molecule has 0 aromatic rings. The number of amides is 1. The largest absolute Gasteiger partial charge is 0.448 e. The fourth-order valence-corrected chi connectivity index (χ4v) is 4.66. The lowest BCUT2D eigenvalue weighted by Crippen LogP contribution is -2.46. The number of rotatable bonds is 12. The van der Waals surface area contributed by atoms with Crippen LogP contribution < -0.4 is 0 Å². The molecule has 2 fully saturated rings. The third-order valence-electron chi connectivity index (χ3n) is 6.39. The summed E-state index contributed by atoms with van der Waals surface area (Å²) in [6.45, 7) is 4.74. The van der Waals surface area contributed by atoms with E-state index in [9.17, 15) is 9.90 Å². The average Bonchev–Trinajstić information content (AvgIpc) is 3.21. The number of aliphatic hydroxyl groups excluding tert-OH is 1. The maximum atomic E-state index is 12.2. The molecule has 5 nitrogen and oxygen atoms in total. The van der Waals surface area contributed by atoms with Gasteiger partial charge in [0.15, 0.2) is 0 Å². The van der Waals surface area contributed by atoms with Crippen LogP contribution in [0.4, 0.5) is 4.79 Å². The molecule has 0 radical (unpaired) electrons. The summed E-state index contributed by atoms with van der Waals surface area (Å²) >= 11 is 0. The van der Waals surface area contributed by atoms with E-state index in [1.165, 1.54) is 44.9 Å². The van der Waals surface area contributed by atoms with Crippen LogP contribution in [0.15, 0.2) is 0 Å². The van der Waals surface area contributed by atoms with Crippen LogP contribution in [0.5, 0.6) is 0 Å². The van der Waals surface area contributed by atoms with Crippen molar-refractivity contribution in [2.24, 2.45) is 0 Å². The van der Waals surface area contributed by atoms with Crippen molar-refractivity contribution in [2.45, 2.75) is 95.6 Å². The Kier molecular flexibility index (Phi) is 9.20. The summed E-state index contributed by atoms with van der Waals surface area (Å²) in [7, 11) is 1.84. The Balaban J connectivity index is 1.55. The monoisotopic (exact) mass is 368 g/mol. The van der Waals surface area contributed by atoms with E-state index in [1.54, 1.807) is 4.90 Å². The van der Waals surface area contributed by atoms with Crippen LogP contribution in [-0.4, -0.2) is 65.9 Å². The Morgan fingerprint density at radius 3 is 2.54 bits per heavy atom. The Morgan fingerprint density at radius 1 is 1.15 bits per heavy atom. The van der Waals surface area contributed by atoms with Crippen molar-refractivity contribution >= 4 is 6.09 Å². The fourth-order valence-electron chi connectivity index (χ4n) is 4.66. The lowest BCUT2D eigenvalue weighted by molar-refractivity contribution is 0.0429. The van der Waals surface area contributed by atoms with Crippen molar-refractivity contribution in [2.75, 3.05) is 33.4 Å². The van der Waals surface area contributed by atoms with Crippen molar-refractivity contribution in [3.05, 3.63) is 0 Å². The molecule has 0 aromatic heterocycles. The third-order valence-corrected chi connectivity index (χ3v) is 6.39. The number of aliphatic hydroxyl groups is 1. The molecular formula is C21H40N2O3. The number of unbranched alkanes of at least 4 members (excludes halogenated alkanes) is 7. The van der Waals surface area contributed by atoms with E-state index in [1.807, 2.05) is 7.05 Å². The summed E-state index contributed by atoms with van der Waals surface area (Å²) in [6.07, 6.45) is 14.3. The molecule has 2 aliphatic heterocycles. The van der Waals surface area contributed by atoms with Crippen LogP contribution in [0, 0.1) is 0 Å². The van der Waals surface area contributed by atoms with Crippen molar-refractivity contribution in [3.63, 3.8) is 0 Å². The first-order chi connectivity index (χ1) is 12.6. The minimum absolute atomic E-state index is 0.0277. The predicted molar refractivity (Wildman–Crippen MR) is 105 cm³/mol. The molecule has 2 atom stereocenters. The lowest BCUT2D eigenvalue weighted by Gasteiger charge is -2.33. The minimum Gasteiger partial charge on any atom is -0.448 e. The topological polar surface area (TPSA) is 53.0 Å². The zero-order valence-corrected chi connectivity index (χ0v) is 17.0. The maximum Gasteiger partial charge on any atom is 0.409 e. The number of hydrogen-bond donors (Lipinski definition) is 1. The van der Waals surface area contributed by atoms with Gasteiger partial charge in [-0.05, 0) is 38.6 Å². The van der Waals surface area contributed by atoms with Gasteiger partial charge in [0.25, 0.3) is 0 Å². The van der Waals surface area contributed by atoms with Gasteiger partial charge in [0.05, 0.1) is 6.61 Å². The highest BCUT2D eigenvalue weighted by Crippen LogP contribution is 2.42. The fraction of sp³-hybridized carbons (Fsp3) is 0.952. The number of hydrogen-bond acceptors (Lipinski definition) is 4. The standard InChI is InChI=1S/C21H40N2O3/c1-3-4-5-6-7-8-9-10-15-22(2)20(25)26-17-19-12-14-21(18-24)13-11-16-23(19)21/h19,24H,3-18H2,1-2H3/t19-,21+/m0/s1. The SMILES string of the molecule is CCCCCCCCCCN(C)C(=O)OC[C@@H]1CC[C@@]2(CO)CCCN12. The smallest absolute Gasteiger partial charge is 0.409 e. The number of ether oxygens (including phenoxy) is 1. The zero-order valence-electron chi connectivity index (χ0n) is 17.0. The van der Waals surface area contributed by atoms with Gasteiger partial charge in [-0.2, -0.15) is 0 Å². The van der Waals surface area contributed by atoms with E-state index >= 15 is 0 Å². The Hall–Kier alpha value is -0.810. The molecule has 0 unspecified atom stereocenters. The highest BCUT2D eigenvalue weighted by atomic mass is 16.6. The maximum absolute atomic E-state index is 12.2. The minimum atomic E-state index is -0.200. The van der Waals surface area contributed by atoms with Crippen LogP contribution in [-0.2, 0) is 4.74 Å². The molecule has 1 amide bonds. The van der Waals surface area contributed by atoms with Gasteiger partial charge < -0.3 is 14.7 Å². The van der Waals surface area contributed by atoms with Gasteiger partial charge in [0.2, 0.25) is 0 Å². The molecule has 0 aliphatic carbocycles. The van der Waals surface area contributed by atoms with Crippen LogP contribution in [0.3, 0.4) is 0 Å². The molecule has 2 rings (SSSR count). The Labute approximate surface area is 160 Å². The van der Waals surface area contributed by atoms with Gasteiger partial charge in [0.1, 0.15) is 6.61 Å². The molecule has 26 heavy (non-hydrogen) atoms. The number of carbonyl (C=O) groups excluding carboxylic acids is 1. The first-order valence-electron chi connectivity index (χ1n) is 10.9. The lowest BCUT2D eigenvalue weighted by atomic mass is 9.95. The molecule has 0 saturated carbocycles. The summed E-state index contributed by atoms with van der Waals surface area (Å²) in [6, 6.07) is 0.283. The van der Waals surface area contributed by atoms with E-state index in [0.29, 0.717) is 6.61 Å². The highest BCUT2D eigenvalue weighted by molar-refractivity contribution is 5.67. The average molecular weight is 369 g/mol. The number of fused-ring (bicyclic) bond motifs is 1. The highest BCUT2D eigenvalue weighted by Gasteiger charge is 2.48. The molecule has 2 heterocycles. The second-order valence-corrected chi connectivity index (χ2v) is 8.35. The van der Waals surface area contributed by atoms with Crippen molar-refractivity contribution in [1.29, 1.82) is 0 Å². The summed E-state index contributed by atoms with van der Waals surface area (Å²) in [5.41, 5.74) is -0.0277. The molecule has 0 spiro atoms. The first kappa shape index (κ1) is 21.5. The molecule has 5 heteroatoms. The van der Waals surface area contributed by atoms with Crippen molar-refractivity contribution in [1.82, 2.24) is 9.80 Å². The van der Waals surface area contributed by atoms with E-state index in [-0.39, 0.29) is 24.3 Å². The number of carbonyl (C=O) groups is 1. The summed E-state index contributed by atoms with van der Waals surface area (Å²) in [5, 5.41) is 9.75. The van der Waals surface area contributed by atoms with E-state index < -0.39 is 0 Å². The van der Waals surface area contributed by atoms with E-state index in [0.717, 1.165) is 45.2 Å². The first-order valence-corrected chi connectivity index (χ1v) is 10.9. The molecule has 2 saturated heterocycles. The van der Waals surface area contributed by atoms with Crippen LogP contribution in [0.1, 0.15) is 84.0 Å². The molecule has 152 valence electrons. The Bertz CT molecular complexity index is 418. The van der Waals surface area contributed by atoms with Gasteiger partial charge >= 0.3 is 6.09 Å². The van der Waals surface area contributed by atoms with E-state index in [4.69, 9.17) is 4.74 Å². The summed E-state index contributed by atoms with van der Waals surface area (Å²) < 4.78 is 5.57. The van der Waals surface area contributed by atoms with Gasteiger partial charge in [-0.15, -0.1) is 0 Å². The second kappa shape index (κ2) is 11.1. The van der Waals surface area contributed by atoms with Crippen LogP contribution in [0.25, 0.3) is 0 Å². The normalized spacial score (nSPS) is 25.4. The summed E-state index contributed by atoms with van der Waals surface area (Å²) in [5.74, 6) is 0. The molecule has 1 N–H and O–H groups in total. The Morgan fingerprint density at radius 2 is 1.85 bits per heavy atom. The van der Waals surface area contributed by atoms with Crippen molar-refractivity contribution in [3.8, 4) is 0 Å². The van der Waals surface area contributed by atoms with Gasteiger partial charge in [-0.3, -0.25) is 4.90 Å². The van der Waals surface area contributed by atoms with Gasteiger partial charge in [-0.1, -0.05) is 51.9 Å². The zero-order chi connectivity index (χ0) is 18.8. The van der Waals surface area contributed by atoms with Gasteiger partial charge in [-0.25, -0.2) is 4.79 Å². The molecule has 0 aromatic carbocycles.